The van der Waals surface area contributed by atoms with Gasteiger partial charge in [0.1, 0.15) is 12.3 Å². The molecule has 0 radical (unpaired) electrons. The minimum Gasteiger partial charge on any atom is -0.392 e. The van der Waals surface area contributed by atoms with Crippen LogP contribution in [0.4, 0.5) is 4.39 Å². The zero-order valence-electron chi connectivity index (χ0n) is 10.3. The Kier molecular flexibility index (Phi) is 3.76. The van der Waals surface area contributed by atoms with E-state index in [1.807, 2.05) is 4.98 Å². The van der Waals surface area contributed by atoms with Crippen molar-refractivity contribution >= 4 is 0 Å². The van der Waals surface area contributed by atoms with E-state index >= 15 is 0 Å². The van der Waals surface area contributed by atoms with Gasteiger partial charge in [-0.05, 0) is 0 Å². The van der Waals surface area contributed by atoms with Gasteiger partial charge < -0.3 is 14.9 Å². The van der Waals surface area contributed by atoms with Crippen molar-refractivity contribution in [3.63, 3.8) is 0 Å². The maximum absolute atomic E-state index is 13.1. The number of halogens is 1. The van der Waals surface area contributed by atoms with Crippen LogP contribution in [0.3, 0.4) is 0 Å². The first kappa shape index (κ1) is 14.5. The smallest absolute Gasteiger partial charge is 0.330 e. The molecule has 1 fully saturated rings. The second kappa shape index (κ2) is 5.20. The third kappa shape index (κ3) is 2.06. The van der Waals surface area contributed by atoms with Crippen LogP contribution in [0.5, 0.6) is 0 Å². The molecule has 3 N–H and O–H groups in total. The number of alkyl halides is 1. The summed E-state index contributed by atoms with van der Waals surface area (Å²) in [6.45, 7) is -1.74. The van der Waals surface area contributed by atoms with Gasteiger partial charge in [0, 0.05) is 12.3 Å². The fourth-order valence-corrected chi connectivity index (χ4v) is 2.22. The lowest BCUT2D eigenvalue weighted by Gasteiger charge is -2.23. The fraction of sp³-hybridized carbons (Fsp3) is 0.500. The molecule has 0 aliphatic carbocycles. The number of aromatic amines is 1. The molecule has 1 aromatic rings. The maximum atomic E-state index is 13.1. The Morgan fingerprint density at radius 1 is 1.60 bits per heavy atom. The number of aliphatic hydroxyl groups excluding tert-OH is 2. The summed E-state index contributed by atoms with van der Waals surface area (Å²) in [7, 11) is 0. The summed E-state index contributed by atoms with van der Waals surface area (Å²) in [5.74, 6) is 0.958. The molecule has 1 aliphatic rings. The van der Waals surface area contributed by atoms with Crippen LogP contribution in [0.2, 0.25) is 0 Å². The van der Waals surface area contributed by atoms with Gasteiger partial charge in [-0.3, -0.25) is 18.7 Å². The normalized spacial score (nSPS) is 33.0. The number of hydrogen-bond acceptors (Lipinski definition) is 5. The summed E-state index contributed by atoms with van der Waals surface area (Å²) >= 11 is 0. The van der Waals surface area contributed by atoms with Crippen molar-refractivity contribution in [2.75, 3.05) is 13.3 Å². The topological polar surface area (TPSA) is 105 Å². The average molecular weight is 284 g/mol. The highest BCUT2D eigenvalue weighted by molar-refractivity contribution is 5.18. The van der Waals surface area contributed by atoms with Crippen molar-refractivity contribution in [1.29, 1.82) is 0 Å². The zero-order chi connectivity index (χ0) is 14.9. The molecular formula is C12H13FN2O5. The van der Waals surface area contributed by atoms with E-state index in [1.54, 1.807) is 0 Å². The lowest BCUT2D eigenvalue weighted by atomic mass is 9.91. The summed E-state index contributed by atoms with van der Waals surface area (Å²) in [6.07, 6.45) is 3.64. The largest absolute Gasteiger partial charge is 0.392 e. The Morgan fingerprint density at radius 3 is 2.80 bits per heavy atom. The van der Waals surface area contributed by atoms with Gasteiger partial charge in [-0.2, -0.15) is 0 Å². The minimum atomic E-state index is -1.78. The highest BCUT2D eigenvalue weighted by Gasteiger charge is 2.54. The first-order valence-corrected chi connectivity index (χ1v) is 5.81. The first-order chi connectivity index (χ1) is 9.49. The van der Waals surface area contributed by atoms with E-state index < -0.39 is 48.4 Å². The number of aliphatic hydroxyl groups is 2. The molecule has 7 nitrogen and oxygen atoms in total. The van der Waals surface area contributed by atoms with E-state index in [1.165, 1.54) is 0 Å². The second-order valence-electron chi connectivity index (χ2n) is 4.48. The Labute approximate surface area is 112 Å². The summed E-state index contributed by atoms with van der Waals surface area (Å²) in [5, 5.41) is 19.3. The predicted octanol–water partition coefficient (Wildman–Crippen LogP) is -1.62. The third-order valence-corrected chi connectivity index (χ3v) is 3.36. The van der Waals surface area contributed by atoms with Gasteiger partial charge in [0.05, 0.1) is 19.2 Å². The number of nitrogens with zero attached hydrogens (tertiary/aromatic N) is 1. The minimum absolute atomic E-state index is 0.619. The zero-order valence-corrected chi connectivity index (χ0v) is 10.3. The summed E-state index contributed by atoms with van der Waals surface area (Å²) < 4.78 is 19.4. The Hall–Kier alpha value is -1.95. The standard InChI is InChI=1S/C12H13FN2O5/c1-2-12(6-16)9(18)7(5-13)10(20-12)15-4-3-8(17)14-11(15)19/h1,3-4,7,9-10,16,18H,5-6H2,(H,14,17,19)/t7-,9+,10-,12-/m1/s1. The van der Waals surface area contributed by atoms with Crippen LogP contribution in [0, 0.1) is 18.3 Å². The number of nitrogens with one attached hydrogen (secondary N) is 1. The first-order valence-electron chi connectivity index (χ1n) is 5.81. The highest BCUT2D eigenvalue weighted by atomic mass is 19.1. The molecule has 0 aromatic carbocycles. The van der Waals surface area contributed by atoms with Crippen LogP contribution in [0.1, 0.15) is 6.23 Å². The summed E-state index contributed by atoms with van der Waals surface area (Å²) in [4.78, 5) is 24.7. The monoisotopic (exact) mass is 284 g/mol. The van der Waals surface area contributed by atoms with Gasteiger partial charge >= 0.3 is 5.69 Å². The number of rotatable bonds is 3. The summed E-state index contributed by atoms with van der Waals surface area (Å²) in [5.41, 5.74) is -3.22. The van der Waals surface area contributed by atoms with Gasteiger partial charge in [-0.1, -0.05) is 5.92 Å². The lowest BCUT2D eigenvalue weighted by molar-refractivity contribution is -0.0921. The van der Waals surface area contributed by atoms with E-state index in [9.17, 15) is 24.2 Å². The van der Waals surface area contributed by atoms with Crippen molar-refractivity contribution in [2.45, 2.75) is 17.9 Å². The van der Waals surface area contributed by atoms with Crippen molar-refractivity contribution in [1.82, 2.24) is 9.55 Å². The summed E-state index contributed by atoms with van der Waals surface area (Å²) in [6, 6.07) is 1.06. The van der Waals surface area contributed by atoms with Gasteiger partial charge in [0.2, 0.25) is 0 Å². The Morgan fingerprint density at radius 2 is 2.30 bits per heavy atom. The molecule has 2 heterocycles. The molecule has 1 aliphatic heterocycles. The number of aromatic nitrogens is 2. The number of ether oxygens (including phenoxy) is 1. The molecule has 1 aromatic heterocycles. The van der Waals surface area contributed by atoms with E-state index in [2.05, 4.69) is 5.92 Å². The molecule has 1 saturated heterocycles. The second-order valence-corrected chi connectivity index (χ2v) is 4.48. The molecule has 0 spiro atoms. The van der Waals surface area contributed by atoms with E-state index in [0.29, 0.717) is 0 Å². The molecule has 0 unspecified atom stereocenters. The Bertz CT molecular complexity index is 648. The van der Waals surface area contributed by atoms with Crippen LogP contribution in [-0.4, -0.2) is 44.8 Å². The van der Waals surface area contributed by atoms with Crippen LogP contribution >= 0.6 is 0 Å². The van der Waals surface area contributed by atoms with E-state index in [4.69, 9.17) is 11.2 Å². The van der Waals surface area contributed by atoms with Crippen molar-refractivity contribution in [3.05, 3.63) is 33.1 Å². The third-order valence-electron chi connectivity index (χ3n) is 3.36. The van der Waals surface area contributed by atoms with Gasteiger partial charge in [0.15, 0.2) is 5.60 Å². The quantitative estimate of drug-likeness (QED) is 0.578. The number of terminal acetylenes is 1. The molecule has 8 heteroatoms. The van der Waals surface area contributed by atoms with E-state index in [-0.39, 0.29) is 0 Å². The van der Waals surface area contributed by atoms with Crippen LogP contribution < -0.4 is 11.2 Å². The Balaban J connectivity index is 2.49. The van der Waals surface area contributed by atoms with Crippen LogP contribution in [0.15, 0.2) is 21.9 Å². The van der Waals surface area contributed by atoms with Gasteiger partial charge in [0.25, 0.3) is 5.56 Å². The van der Waals surface area contributed by atoms with Crippen LogP contribution in [0.25, 0.3) is 0 Å². The lowest BCUT2D eigenvalue weighted by Crippen LogP contribution is -2.43. The van der Waals surface area contributed by atoms with Gasteiger partial charge in [-0.25, -0.2) is 4.79 Å². The molecule has 0 bridgehead atoms. The van der Waals surface area contributed by atoms with Crippen LogP contribution in [-0.2, 0) is 4.74 Å². The fourth-order valence-electron chi connectivity index (χ4n) is 2.22. The number of H-pyrrole nitrogens is 1. The molecule has 2 rings (SSSR count). The molecule has 20 heavy (non-hydrogen) atoms. The molecule has 4 atom stereocenters. The average Bonchev–Trinajstić information content (AvgIpc) is 2.71. The van der Waals surface area contributed by atoms with E-state index in [0.717, 1.165) is 16.8 Å². The SMILES string of the molecule is C#C[C@]1(CO)O[C@@H](n2ccc(=O)[nH]c2=O)[C@H](CF)[C@@H]1O. The molecule has 0 amide bonds. The van der Waals surface area contributed by atoms with Crippen molar-refractivity contribution in [3.8, 4) is 12.3 Å². The van der Waals surface area contributed by atoms with Crippen molar-refractivity contribution in [2.24, 2.45) is 5.92 Å². The van der Waals surface area contributed by atoms with Crippen molar-refractivity contribution < 1.29 is 19.3 Å². The molecular weight excluding hydrogens is 271 g/mol. The molecule has 0 saturated carbocycles. The number of hydrogen-bond donors (Lipinski definition) is 3. The van der Waals surface area contributed by atoms with Gasteiger partial charge in [-0.15, -0.1) is 6.42 Å². The maximum Gasteiger partial charge on any atom is 0.330 e. The highest BCUT2D eigenvalue weighted by Crippen LogP contribution is 2.40. The molecule has 108 valence electrons. The predicted molar refractivity (Wildman–Crippen MR) is 65.6 cm³/mol.